The summed E-state index contributed by atoms with van der Waals surface area (Å²) in [5, 5.41) is 68.9. The molecule has 15 atom stereocenters. The highest BCUT2D eigenvalue weighted by Crippen LogP contribution is 2.76. The number of aliphatic hydroxyl groups is 5. The number of hydrogen-bond donors (Lipinski definition) is 6. The Morgan fingerprint density at radius 3 is 2.52 bits per heavy atom. The lowest BCUT2D eigenvalue weighted by atomic mass is 9.34. The molecule has 6 N–H and O–H groups in total. The summed E-state index contributed by atoms with van der Waals surface area (Å²) in [7, 11) is 1.67. The summed E-state index contributed by atoms with van der Waals surface area (Å²) >= 11 is 0. The number of nitrogens with one attached hydrogen (secondary N) is 1. The van der Waals surface area contributed by atoms with Gasteiger partial charge in [-0.15, -0.1) is 0 Å². The maximum absolute atomic E-state index is 14.1. The third-order valence-corrected chi connectivity index (χ3v) is 16.3. The molecule has 0 bridgehead atoms. The molecule has 7 rings (SSSR count). The number of hydrogen-bond acceptors (Lipinski definition) is 10. The van der Waals surface area contributed by atoms with Crippen LogP contribution in [0.1, 0.15) is 105 Å². The minimum absolute atomic E-state index is 0.0924. The molecule has 0 amide bonds. The van der Waals surface area contributed by atoms with E-state index in [0.717, 1.165) is 56.1 Å². The Kier molecular flexibility index (Phi) is 10.3. The van der Waals surface area contributed by atoms with E-state index in [1.165, 1.54) is 0 Å². The van der Waals surface area contributed by atoms with Gasteiger partial charge in [-0.2, -0.15) is 0 Å². The van der Waals surface area contributed by atoms with Crippen molar-refractivity contribution in [2.75, 3.05) is 26.8 Å². The first-order chi connectivity index (χ1) is 24.7. The summed E-state index contributed by atoms with van der Waals surface area (Å²) in [6, 6.07) is 0. The second-order valence-electron chi connectivity index (χ2n) is 18.7. The van der Waals surface area contributed by atoms with Crippen molar-refractivity contribution in [1.82, 2.24) is 5.32 Å². The van der Waals surface area contributed by atoms with Crippen molar-refractivity contribution in [2.24, 2.45) is 58.2 Å². The predicted octanol–water partition coefficient (Wildman–Crippen LogP) is 3.86. The first-order valence-corrected chi connectivity index (χ1v) is 20.5. The Balaban J connectivity index is 1.34. The van der Waals surface area contributed by atoms with Crippen LogP contribution in [0.3, 0.4) is 0 Å². The van der Waals surface area contributed by atoms with Crippen molar-refractivity contribution in [3.05, 3.63) is 23.3 Å². The van der Waals surface area contributed by atoms with Gasteiger partial charge in [0.05, 0.1) is 23.2 Å². The first-order valence-electron chi connectivity index (χ1n) is 20.5. The van der Waals surface area contributed by atoms with Gasteiger partial charge in [-0.1, -0.05) is 53.0 Å². The second kappa shape index (κ2) is 13.8. The highest BCUT2D eigenvalue weighted by atomic mass is 16.5. The zero-order valence-corrected chi connectivity index (χ0v) is 32.1. The number of aldehydes is 1. The van der Waals surface area contributed by atoms with Crippen LogP contribution < -0.4 is 5.32 Å². The average Bonchev–Trinajstić information content (AvgIpc) is 3.54. The van der Waals surface area contributed by atoms with E-state index in [9.17, 15) is 35.1 Å². The van der Waals surface area contributed by atoms with Gasteiger partial charge in [0.1, 0.15) is 23.6 Å². The number of allylic oxidation sites excluding steroid dienone is 1. The number of fused-ring (bicyclic) bond motifs is 8. The van der Waals surface area contributed by atoms with Crippen molar-refractivity contribution in [2.45, 2.75) is 140 Å². The average molecular weight is 728 g/mol. The Hall–Kier alpha value is -1.66. The fourth-order valence-corrected chi connectivity index (χ4v) is 13.8. The number of ether oxygens (including phenoxy) is 2. The van der Waals surface area contributed by atoms with Gasteiger partial charge < -0.3 is 45.1 Å². The van der Waals surface area contributed by atoms with Crippen LogP contribution >= 0.6 is 0 Å². The number of esters is 1. The van der Waals surface area contributed by atoms with E-state index >= 15 is 0 Å². The molecule has 1 aliphatic heterocycles. The molecular weight excluding hydrogens is 662 g/mol. The van der Waals surface area contributed by atoms with E-state index in [-0.39, 0.29) is 42.4 Å². The van der Waals surface area contributed by atoms with Crippen LogP contribution in [-0.4, -0.2) is 99.7 Å². The van der Waals surface area contributed by atoms with Crippen LogP contribution in [0.15, 0.2) is 23.3 Å². The molecule has 0 aromatic rings. The molecule has 1 heterocycles. The smallest absolute Gasteiger partial charge is 0.331 e. The number of unbranched alkanes of at least 4 members (excludes halogenated alkanes) is 2. The molecule has 15 unspecified atom stereocenters. The molecule has 0 aromatic carbocycles. The SMILES string of the molecule is CCCCCC1CC2(C=O)C3CCC4(C)C5C6=CC(=O)OC6C(CNCCCOC)=CC5CC4(O)C3(O)C(O)C3CC(C(C)C)CCC(C1O)C32O. The Morgan fingerprint density at radius 2 is 1.83 bits per heavy atom. The van der Waals surface area contributed by atoms with Crippen LogP contribution in [0.2, 0.25) is 0 Å². The van der Waals surface area contributed by atoms with Gasteiger partial charge in [0, 0.05) is 49.5 Å². The van der Waals surface area contributed by atoms with Gasteiger partial charge in [-0.05, 0) is 105 Å². The van der Waals surface area contributed by atoms with Gasteiger partial charge in [0.25, 0.3) is 0 Å². The lowest BCUT2D eigenvalue weighted by Gasteiger charge is -2.73. The largest absolute Gasteiger partial charge is 0.450 e. The van der Waals surface area contributed by atoms with Crippen LogP contribution in [0.25, 0.3) is 0 Å². The number of carbonyl (C=O) groups excluding carboxylic acids is 2. The Morgan fingerprint density at radius 1 is 1.06 bits per heavy atom. The summed E-state index contributed by atoms with van der Waals surface area (Å²) in [5.41, 5.74) is -6.44. The lowest BCUT2D eigenvalue weighted by molar-refractivity contribution is -0.377. The standard InChI is InChI=1S/C42H65NO9/c1-6-7-8-10-26-20-39(23-44)32-13-14-38(4)34-27(17-28(22-43-15-9-16-51-5)36-29(34)19-33(45)52-36)21-40(38,48)42(32,50)37(47)31-18-25(24(2)3)11-12-30(35(26)46)41(31,39)49/h17,19,23-27,30-32,34-37,43,46-50H,6-16,18,20-22H2,1-5H3. The first kappa shape index (κ1) is 38.6. The highest BCUT2D eigenvalue weighted by Gasteiger charge is 2.84. The monoisotopic (exact) mass is 727 g/mol. The summed E-state index contributed by atoms with van der Waals surface area (Å²) in [5.74, 6) is -3.41. The van der Waals surface area contributed by atoms with Crippen molar-refractivity contribution >= 4 is 12.3 Å². The molecule has 5 saturated carbocycles. The van der Waals surface area contributed by atoms with E-state index in [1.54, 1.807) is 13.2 Å². The maximum atomic E-state index is 14.1. The lowest BCUT2D eigenvalue weighted by Crippen LogP contribution is -2.85. The topological polar surface area (TPSA) is 166 Å². The zero-order chi connectivity index (χ0) is 37.4. The van der Waals surface area contributed by atoms with E-state index in [2.05, 4.69) is 32.2 Å². The Bertz CT molecular complexity index is 1450. The molecule has 52 heavy (non-hydrogen) atoms. The highest BCUT2D eigenvalue weighted by molar-refractivity contribution is 5.87. The van der Waals surface area contributed by atoms with Crippen LogP contribution in [0.5, 0.6) is 0 Å². The molecule has 292 valence electrons. The van der Waals surface area contributed by atoms with Crippen LogP contribution in [0, 0.1) is 58.2 Å². The molecule has 7 aliphatic rings. The molecule has 0 saturated heterocycles. The quantitative estimate of drug-likeness (QED) is 0.0753. The molecule has 0 spiro atoms. The minimum atomic E-state index is -2.13. The van der Waals surface area contributed by atoms with Gasteiger partial charge in [-0.3, -0.25) is 0 Å². The van der Waals surface area contributed by atoms with Crippen LogP contribution in [0.4, 0.5) is 0 Å². The van der Waals surface area contributed by atoms with Crippen molar-refractivity contribution in [1.29, 1.82) is 0 Å². The number of rotatable bonds is 12. The minimum Gasteiger partial charge on any atom is -0.450 e. The van der Waals surface area contributed by atoms with E-state index in [4.69, 9.17) is 9.47 Å². The molecular formula is C42H65NO9. The third kappa shape index (κ3) is 5.13. The van der Waals surface area contributed by atoms with Gasteiger partial charge in [0.2, 0.25) is 0 Å². The number of aliphatic hydroxyl groups excluding tert-OH is 2. The predicted molar refractivity (Wildman–Crippen MR) is 195 cm³/mol. The summed E-state index contributed by atoms with van der Waals surface area (Å²) in [4.78, 5) is 27.0. The summed E-state index contributed by atoms with van der Waals surface area (Å²) < 4.78 is 11.1. The molecule has 10 heteroatoms. The summed E-state index contributed by atoms with van der Waals surface area (Å²) in [6.45, 7) is 10.2. The fourth-order valence-electron chi connectivity index (χ4n) is 13.8. The number of carbonyl (C=O) groups is 2. The Labute approximate surface area is 309 Å². The molecule has 0 aromatic heterocycles. The maximum Gasteiger partial charge on any atom is 0.331 e. The van der Waals surface area contributed by atoms with E-state index in [0.29, 0.717) is 45.3 Å². The zero-order valence-electron chi connectivity index (χ0n) is 32.1. The van der Waals surface area contributed by atoms with Gasteiger partial charge in [0.15, 0.2) is 0 Å². The normalized spacial score (nSPS) is 49.1. The number of methoxy groups -OCH3 is 1. The second-order valence-corrected chi connectivity index (χ2v) is 18.7. The van der Waals surface area contributed by atoms with E-state index in [1.807, 2.05) is 6.92 Å². The molecule has 10 nitrogen and oxygen atoms in total. The molecule has 6 aliphatic carbocycles. The fraction of sp³-hybridized carbons (Fsp3) is 0.857. The third-order valence-electron chi connectivity index (χ3n) is 16.3. The van der Waals surface area contributed by atoms with Crippen molar-refractivity contribution in [3.8, 4) is 0 Å². The van der Waals surface area contributed by atoms with Crippen molar-refractivity contribution < 1.29 is 44.6 Å². The molecule has 0 radical (unpaired) electrons. The van der Waals surface area contributed by atoms with Crippen molar-refractivity contribution in [3.63, 3.8) is 0 Å². The van der Waals surface area contributed by atoms with E-state index < -0.39 is 69.7 Å². The van der Waals surface area contributed by atoms with Crippen LogP contribution in [-0.2, 0) is 19.1 Å². The summed E-state index contributed by atoms with van der Waals surface area (Å²) in [6.07, 6.45) is 8.86. The van der Waals surface area contributed by atoms with Gasteiger partial charge >= 0.3 is 5.97 Å². The van der Waals surface area contributed by atoms with Gasteiger partial charge in [-0.25, -0.2) is 4.79 Å². The molecule has 5 fully saturated rings.